The molecule has 0 unspecified atom stereocenters. The number of urea groups is 3. The first-order chi connectivity index (χ1) is 29.7. The van der Waals surface area contributed by atoms with Crippen LogP contribution in [0.3, 0.4) is 0 Å². The van der Waals surface area contributed by atoms with Gasteiger partial charge < -0.3 is 49.1 Å². The van der Waals surface area contributed by atoms with Gasteiger partial charge in [-0.2, -0.15) is 0 Å². The molecular weight excluding hydrogens is 839 g/mol. The molecule has 0 saturated heterocycles. The smallest absolute Gasteiger partial charge is 0.320 e. The number of carbonyl (C=O) groups is 12. The summed E-state index contributed by atoms with van der Waals surface area (Å²) in [5.41, 5.74) is 17.5. The summed E-state index contributed by atoms with van der Waals surface area (Å²) in [5, 5.41) is 24.7. The van der Waals surface area contributed by atoms with Crippen molar-refractivity contribution in [1.82, 2.24) is 16.0 Å². The van der Waals surface area contributed by atoms with Crippen LogP contribution in [0.1, 0.15) is 144 Å². The van der Waals surface area contributed by atoms with Crippen molar-refractivity contribution in [3.05, 3.63) is 0 Å². The zero-order valence-electron chi connectivity index (χ0n) is 38.0. The Labute approximate surface area is 374 Å². The molecule has 13 N–H and O–H groups in total. The number of amides is 6. The van der Waals surface area contributed by atoms with Gasteiger partial charge in [-0.25, -0.2) is 14.4 Å². The predicted octanol–water partition coefficient (Wildman–Crippen LogP) is 2.39. The van der Waals surface area contributed by atoms with Gasteiger partial charge in [0.25, 0.3) is 0 Å². The number of Topliss-reactive ketones (excluding diaryl/α,β-unsaturated/α-hetero) is 7. The Morgan fingerprint density at radius 1 is 0.469 bits per heavy atom. The lowest BCUT2D eigenvalue weighted by Gasteiger charge is -2.38. The van der Waals surface area contributed by atoms with Crippen LogP contribution < -0.4 is 38.9 Å². The van der Waals surface area contributed by atoms with Gasteiger partial charge in [-0.15, -0.1) is 0 Å². The number of carboxylic acid groups (broad SMARTS) is 2. The van der Waals surface area contributed by atoms with Crippen molar-refractivity contribution in [3.63, 3.8) is 0 Å². The Balaban J connectivity index is 0.000000865. The van der Waals surface area contributed by atoms with E-state index in [1.807, 2.05) is 0 Å². The van der Waals surface area contributed by atoms with E-state index in [1.54, 1.807) is 0 Å². The third-order valence-electron chi connectivity index (χ3n) is 12.5. The molecule has 0 aromatic carbocycles. The number of nitrogens with two attached hydrogens (primary N) is 4. The van der Waals surface area contributed by atoms with Gasteiger partial charge in [0.15, 0.2) is 0 Å². The quantitative estimate of drug-likeness (QED) is 0.0469. The van der Waals surface area contributed by atoms with E-state index in [-0.39, 0.29) is 72.2 Å². The number of hydrogen-bond acceptors (Lipinski definition) is 13. The van der Waals surface area contributed by atoms with E-state index in [4.69, 9.17) is 28.0 Å². The Hall–Kier alpha value is -5.60. The highest BCUT2D eigenvalue weighted by Crippen LogP contribution is 2.45. The minimum Gasteiger partial charge on any atom is -0.481 e. The average Bonchev–Trinajstić information content (AvgIpc) is 3.10. The fraction of sp³-hybridized carbons (Fsp3) is 0.721. The van der Waals surface area contributed by atoms with Crippen molar-refractivity contribution in [2.45, 2.75) is 150 Å². The molecular formula is C43H71N7O14. The van der Waals surface area contributed by atoms with Gasteiger partial charge in [0, 0.05) is 38.4 Å². The molecule has 0 heterocycles. The topological polar surface area (TPSA) is 385 Å². The van der Waals surface area contributed by atoms with Crippen LogP contribution in [0.5, 0.6) is 0 Å². The number of ketones is 7. The molecule has 3 rings (SSSR count). The van der Waals surface area contributed by atoms with E-state index in [9.17, 15) is 62.6 Å². The monoisotopic (exact) mass is 910 g/mol. The number of hydrogen-bond donors (Lipinski definition) is 9. The second-order valence-electron chi connectivity index (χ2n) is 16.9. The summed E-state index contributed by atoms with van der Waals surface area (Å²) in [6.45, 7) is 8.34. The summed E-state index contributed by atoms with van der Waals surface area (Å²) >= 11 is 0. The van der Waals surface area contributed by atoms with E-state index in [0.717, 1.165) is 32.1 Å². The molecule has 64 heavy (non-hydrogen) atoms. The highest BCUT2D eigenvalue weighted by Gasteiger charge is 2.49. The van der Waals surface area contributed by atoms with Crippen LogP contribution in [-0.2, 0) is 43.2 Å². The zero-order valence-corrected chi connectivity index (χ0v) is 38.0. The van der Waals surface area contributed by atoms with Crippen LogP contribution in [0.15, 0.2) is 0 Å². The van der Waals surface area contributed by atoms with Gasteiger partial charge in [0.1, 0.15) is 46.5 Å². The van der Waals surface area contributed by atoms with Gasteiger partial charge in [-0.3, -0.25) is 43.2 Å². The van der Waals surface area contributed by atoms with E-state index < -0.39 is 58.2 Å². The molecule has 6 amide bonds. The number of carbonyl (C=O) groups excluding carboxylic acids is 10. The normalized spacial score (nSPS) is 17.0. The fourth-order valence-corrected chi connectivity index (χ4v) is 7.57. The van der Waals surface area contributed by atoms with E-state index in [2.05, 4.69) is 16.0 Å². The van der Waals surface area contributed by atoms with E-state index >= 15 is 0 Å². The first-order valence-corrected chi connectivity index (χ1v) is 21.6. The minimum absolute atomic E-state index is 0.0475. The summed E-state index contributed by atoms with van der Waals surface area (Å²) in [4.78, 5) is 134. The Morgan fingerprint density at radius 3 is 0.984 bits per heavy atom. The molecule has 0 spiro atoms. The van der Waals surface area contributed by atoms with Crippen LogP contribution in [-0.4, -0.2) is 106 Å². The first kappa shape index (κ1) is 58.4. The number of nitrogens with one attached hydrogen (secondary N) is 3. The molecule has 0 aromatic rings. The van der Waals surface area contributed by atoms with Crippen molar-refractivity contribution in [3.8, 4) is 0 Å². The number of rotatable bonds is 25. The Bertz CT molecular complexity index is 1600. The third kappa shape index (κ3) is 19.0. The van der Waals surface area contributed by atoms with Crippen molar-refractivity contribution >= 4 is 70.5 Å². The SMILES string of the molecule is CC(=O)C1(C(=O)C[C@@H](CCCNC(N)=O)C(=O)O)CCC1.CC(=O)C1(C(C)=O)CCC1.CC(=O)[C@H](CCCNC(N)=O)CC(=O)C1(C(C)=O)CCC1.NC(=O)NCCC[C@H](N)C(=O)O. The molecule has 21 nitrogen and oxygen atoms in total. The van der Waals surface area contributed by atoms with Crippen molar-refractivity contribution in [1.29, 1.82) is 0 Å². The second kappa shape index (κ2) is 28.2. The molecule has 3 saturated carbocycles. The van der Waals surface area contributed by atoms with E-state index in [1.165, 1.54) is 34.6 Å². The number of aliphatic carboxylic acids is 2. The molecule has 21 heteroatoms. The fourth-order valence-electron chi connectivity index (χ4n) is 7.57. The molecule has 3 aliphatic carbocycles. The largest absolute Gasteiger partial charge is 0.481 e. The Kier molecular flexibility index (Phi) is 25.8. The molecule has 362 valence electrons. The van der Waals surface area contributed by atoms with Crippen molar-refractivity contribution < 1.29 is 67.7 Å². The van der Waals surface area contributed by atoms with Crippen molar-refractivity contribution in [2.75, 3.05) is 19.6 Å². The van der Waals surface area contributed by atoms with Crippen LogP contribution in [0.25, 0.3) is 0 Å². The zero-order chi connectivity index (χ0) is 49.4. The maximum atomic E-state index is 12.4. The highest BCUT2D eigenvalue weighted by atomic mass is 16.4. The summed E-state index contributed by atoms with van der Waals surface area (Å²) in [7, 11) is 0. The highest BCUT2D eigenvalue weighted by molar-refractivity contribution is 6.08. The minimum atomic E-state index is -1.06. The second-order valence-corrected chi connectivity index (χ2v) is 16.9. The number of primary amides is 3. The molecule has 0 radical (unpaired) electrons. The maximum absolute atomic E-state index is 12.4. The lowest BCUT2D eigenvalue weighted by Crippen LogP contribution is -2.45. The summed E-state index contributed by atoms with van der Waals surface area (Å²) < 4.78 is 0. The lowest BCUT2D eigenvalue weighted by molar-refractivity contribution is -0.151. The third-order valence-corrected chi connectivity index (χ3v) is 12.5. The van der Waals surface area contributed by atoms with Gasteiger partial charge in [0.2, 0.25) is 0 Å². The van der Waals surface area contributed by atoms with Crippen LogP contribution in [0.2, 0.25) is 0 Å². The van der Waals surface area contributed by atoms with Gasteiger partial charge in [-0.05, 0) is 112 Å². The van der Waals surface area contributed by atoms with Gasteiger partial charge in [-0.1, -0.05) is 19.3 Å². The molecule has 0 aromatic heterocycles. The lowest BCUT2D eigenvalue weighted by atomic mass is 9.62. The first-order valence-electron chi connectivity index (χ1n) is 21.6. The summed E-state index contributed by atoms with van der Waals surface area (Å²) in [6.07, 6.45) is 9.14. The van der Waals surface area contributed by atoms with Gasteiger partial charge in [0.05, 0.1) is 22.2 Å². The maximum Gasteiger partial charge on any atom is 0.320 e. The molecule has 0 aliphatic heterocycles. The van der Waals surface area contributed by atoms with Gasteiger partial charge >= 0.3 is 30.0 Å². The van der Waals surface area contributed by atoms with Crippen LogP contribution in [0.4, 0.5) is 14.4 Å². The van der Waals surface area contributed by atoms with Crippen LogP contribution >= 0.6 is 0 Å². The average molecular weight is 910 g/mol. The predicted molar refractivity (Wildman–Crippen MR) is 232 cm³/mol. The Morgan fingerprint density at radius 2 is 0.766 bits per heavy atom. The molecule has 0 bridgehead atoms. The molecule has 3 fully saturated rings. The molecule has 3 atom stereocenters. The van der Waals surface area contributed by atoms with Crippen LogP contribution in [0, 0.1) is 28.1 Å². The van der Waals surface area contributed by atoms with Crippen molar-refractivity contribution in [2.24, 2.45) is 51.0 Å². The summed E-state index contributed by atoms with van der Waals surface area (Å²) in [6, 6.07) is -2.74. The van der Waals surface area contributed by atoms with E-state index in [0.29, 0.717) is 70.9 Å². The molecule has 3 aliphatic rings. The summed E-state index contributed by atoms with van der Waals surface area (Å²) in [5.74, 6) is -3.89. The number of carboxylic acids is 2. The standard InChI is InChI=1S/C15H24N2O4.C14H22N2O5.C8H12O2.C6H13N3O3/c1-10(18)12(5-3-8-17-14(16)21)9-13(20)15(11(2)19)6-4-7-15;1-9(17)14(5-3-6-14)11(18)8-10(12(19)20)4-2-7-16-13(15)21;1-6(9)8(7(2)10)4-3-5-8;7-4(5(10)11)2-1-3-9-6(8)12/h12H,3-9H2,1-2H3,(H3,16,17,21);10H,2-8H2,1H3,(H,19,20)(H3,15,16,21);3-5H2,1-2H3;4H,1-3,7H2,(H,10,11)(H3,8,9,12)/t12-;10-;;4-/m11.0/s1.